The van der Waals surface area contributed by atoms with Crippen LogP contribution in [0.25, 0.3) is 0 Å². The fraction of sp³-hybridized carbons (Fsp3) is 0. The molecule has 0 aromatic carbocycles. The largest absolute Gasteiger partial charge is 0.0379 e. The molecule has 4 heavy (non-hydrogen) atoms. The Bertz CT molecular complexity index is 17.1. The summed E-state index contributed by atoms with van der Waals surface area (Å²) in [5.74, 6) is 0. The van der Waals surface area contributed by atoms with Crippen LogP contribution in [-0.2, 0) is 4.70 Å². The van der Waals surface area contributed by atoms with Crippen molar-refractivity contribution < 1.29 is 9.02 Å². The van der Waals surface area contributed by atoms with Crippen LogP contribution in [0.2, 0.25) is 0 Å². The molecule has 0 aliphatic carbocycles. The predicted octanol–water partition coefficient (Wildman–Crippen LogP) is -0.728. The van der Waals surface area contributed by atoms with Gasteiger partial charge in [0, 0.05) is 8.38 Å². The van der Waals surface area contributed by atoms with Crippen LogP contribution in [-0.4, -0.2) is 17.1 Å². The molecule has 0 bridgehead atoms. The Kier molecular flexibility index (Phi) is 12.9. The van der Waals surface area contributed by atoms with E-state index in [9.17, 15) is 4.32 Å². The molecule has 0 spiro atoms. The molecule has 0 saturated carbocycles. The van der Waals surface area contributed by atoms with E-state index >= 15 is 0 Å². The number of hydrogen-bond acceptors (Lipinski definition) is 1. The van der Waals surface area contributed by atoms with Gasteiger partial charge in [-0.1, -0.05) is 0 Å². The summed E-state index contributed by atoms with van der Waals surface area (Å²) in [5, 5.41) is 0. The van der Waals surface area contributed by atoms with Crippen molar-refractivity contribution in [2.24, 2.45) is 0 Å². The third kappa shape index (κ3) is 70.0. The Balaban J connectivity index is 0. The molecule has 0 heterocycles. The predicted molar refractivity (Wildman–Crippen MR) is 14.7 cm³/mol. The standard InChI is InChI=1S/BFO.BH/c2-1-3;/h;1H/i;1T. The number of rotatable bonds is 0. The Morgan fingerprint density at radius 1 is 2.25 bits per heavy atom. The van der Waals surface area contributed by atoms with E-state index in [2.05, 4.69) is 8.38 Å². The van der Waals surface area contributed by atoms with E-state index in [1.165, 1.54) is 0 Å². The zero-order valence-electron chi connectivity index (χ0n) is 2.94. The minimum atomic E-state index is -0.750. The Morgan fingerprint density at radius 3 is 2.25 bits per heavy atom. The van der Waals surface area contributed by atoms with Crippen molar-refractivity contribution in [2.45, 2.75) is 0 Å². The molecule has 20 valence electrons. The molecule has 0 aromatic rings. The van der Waals surface area contributed by atoms with Gasteiger partial charge < -0.3 is 0 Å². The smallest absolute Gasteiger partial charge is 0.0379 e. The minimum absolute atomic E-state index is 0.750. The first kappa shape index (κ1) is 3.86. The molecule has 0 aromatic heterocycles. The molecule has 0 N–H and O–H groups in total. The normalized spacial score (nSPS) is 3.75. The molecule has 4 heteroatoms. The fourth-order valence-electron chi connectivity index (χ4n) is 0. The monoisotopic (exact) mass is 60.0 g/mol. The van der Waals surface area contributed by atoms with Crippen molar-refractivity contribution >= 4 is 15.8 Å². The third-order valence-corrected chi connectivity index (χ3v) is 0. The second-order valence-corrected chi connectivity index (χ2v) is 0.0891. The first-order chi connectivity index (χ1) is 2.41. The molecule has 0 saturated heterocycles. The first-order valence-corrected chi connectivity index (χ1v) is 0.454. The van der Waals surface area contributed by atoms with Gasteiger partial charge in [0.2, 0.25) is 0 Å². The molecule has 0 unspecified atom stereocenters. The average Bonchev–Trinajstić information content (AvgIpc) is 1.46. The van der Waals surface area contributed by atoms with Crippen LogP contribution in [0.1, 0.15) is 0 Å². The van der Waals surface area contributed by atoms with Crippen molar-refractivity contribution in [3.05, 3.63) is 0 Å². The fourth-order valence-corrected chi connectivity index (χ4v) is 0. The van der Waals surface area contributed by atoms with Crippen molar-refractivity contribution in [1.82, 2.24) is 0 Å². The summed E-state index contributed by atoms with van der Waals surface area (Å²) in [6.07, 6.45) is 0. The van der Waals surface area contributed by atoms with Gasteiger partial charge in [-0.15, -0.1) is 0 Å². The molecule has 0 fully saturated rings. The first-order valence-electron chi connectivity index (χ1n) is 1.03. The van der Waals surface area contributed by atoms with E-state index in [1.54, 1.807) is 0 Å². The molecule has 0 amide bonds. The SMILES string of the molecule is O=BF.[3H][B]. The van der Waals surface area contributed by atoms with Gasteiger partial charge in [-0.05, 0) is 1.34 Å². The number of hydrogen-bond donors (Lipinski definition) is 0. The molecule has 0 atom stereocenters. The summed E-state index contributed by atoms with van der Waals surface area (Å²) in [5.41, 5.74) is 0. The van der Waals surface area contributed by atoms with Crippen LogP contribution in [0.15, 0.2) is 0 Å². The molecule has 0 rings (SSSR count). The maximum absolute atomic E-state index is 9.61. The van der Waals surface area contributed by atoms with Crippen molar-refractivity contribution in [2.75, 3.05) is 0 Å². The third-order valence-electron chi connectivity index (χ3n) is 0. The molecule has 0 aliphatic rings. The van der Waals surface area contributed by atoms with Gasteiger partial charge in [0.1, 0.15) is 0 Å². The summed E-state index contributed by atoms with van der Waals surface area (Å²) in [6.45, 7) is 0. The quantitative estimate of drug-likeness (QED) is 0.337. The van der Waals surface area contributed by atoms with Gasteiger partial charge in [-0.25, -0.2) is 0 Å². The van der Waals surface area contributed by atoms with E-state index < -0.39 is 7.43 Å². The Morgan fingerprint density at radius 2 is 2.25 bits per heavy atom. The summed E-state index contributed by atoms with van der Waals surface area (Å²) < 4.78 is 23.0. The van der Waals surface area contributed by atoms with Crippen LogP contribution in [0.3, 0.4) is 0 Å². The van der Waals surface area contributed by atoms with Gasteiger partial charge in [0.25, 0.3) is 0 Å². The second-order valence-electron chi connectivity index (χ2n) is 0.0891. The maximum atomic E-state index is 9.61. The van der Waals surface area contributed by atoms with Crippen LogP contribution >= 0.6 is 0 Å². The zero-order valence-corrected chi connectivity index (χ0v) is 1.94. The van der Waals surface area contributed by atoms with E-state index in [-0.39, 0.29) is 0 Å². The Hall–Kier alpha value is -0.140. The maximum Gasteiger partial charge on any atom is 0.0379 e. The van der Waals surface area contributed by atoms with Crippen LogP contribution < -0.4 is 0 Å². The van der Waals surface area contributed by atoms with Gasteiger partial charge >= 0.3 is 16.4 Å². The topological polar surface area (TPSA) is 17.1 Å². The van der Waals surface area contributed by atoms with E-state index in [4.69, 9.17) is 6.04 Å². The zero-order chi connectivity index (χ0) is 4.71. The summed E-state index contributed by atoms with van der Waals surface area (Å²) in [6, 6.07) is 0. The van der Waals surface area contributed by atoms with E-state index in [0.29, 0.717) is 0 Å². The van der Waals surface area contributed by atoms with Gasteiger partial charge in [-0.3, -0.25) is 0 Å². The van der Waals surface area contributed by atoms with Gasteiger partial charge in [0.05, 0.1) is 0 Å². The molecule has 0 aliphatic heterocycles. The van der Waals surface area contributed by atoms with Crippen molar-refractivity contribution in [3.63, 3.8) is 0 Å². The van der Waals surface area contributed by atoms with E-state index in [0.717, 1.165) is 0 Å². The average molecular weight is 59.6 g/mol. The van der Waals surface area contributed by atoms with Gasteiger partial charge in [-0.2, -0.15) is 0 Å². The summed E-state index contributed by atoms with van der Waals surface area (Å²) >= 11 is 0. The molecular formula is HB2FO. The number of halogens is 1. The molecule has 1 nitrogen and oxygen atoms in total. The van der Waals surface area contributed by atoms with Gasteiger partial charge in [0.15, 0.2) is 0 Å². The van der Waals surface area contributed by atoms with Crippen LogP contribution in [0.4, 0.5) is 4.32 Å². The van der Waals surface area contributed by atoms with Crippen molar-refractivity contribution in [3.8, 4) is 0 Å². The minimum Gasteiger partial charge on any atom is -0.0379 e. The van der Waals surface area contributed by atoms with Crippen LogP contribution in [0.5, 0.6) is 0 Å². The van der Waals surface area contributed by atoms with Crippen molar-refractivity contribution in [1.29, 1.82) is 1.34 Å². The molecule has 2 radical (unpaired) electrons. The molecular weight excluding hydrogens is 56.6 g/mol. The summed E-state index contributed by atoms with van der Waals surface area (Å²) in [4.78, 5) is 0. The summed E-state index contributed by atoms with van der Waals surface area (Å²) in [7, 11) is 3.00. The van der Waals surface area contributed by atoms with Crippen LogP contribution in [0, 0.1) is 0 Å². The second kappa shape index (κ2) is 13.4. The van der Waals surface area contributed by atoms with E-state index in [1.807, 2.05) is 0 Å². The Labute approximate surface area is 27.4 Å².